The summed E-state index contributed by atoms with van der Waals surface area (Å²) < 4.78 is 33.0. The number of aliphatic hydroxyl groups is 1. The van der Waals surface area contributed by atoms with Gasteiger partial charge in [-0.15, -0.1) is 0 Å². The maximum atomic E-state index is 14.4. The van der Waals surface area contributed by atoms with Gasteiger partial charge in [-0.1, -0.05) is 12.1 Å². The van der Waals surface area contributed by atoms with Gasteiger partial charge in [-0.2, -0.15) is 5.26 Å². The Labute approximate surface area is 317 Å². The molecule has 288 valence electrons. The predicted octanol–water partition coefficient (Wildman–Crippen LogP) is 3.30. The molecule has 3 aliphatic heterocycles. The number of aromatic nitrogens is 3. The Hall–Kier alpha value is -5.43. The molecule has 0 unspecified atom stereocenters. The smallest absolute Gasteiger partial charge is 0.328 e. The van der Waals surface area contributed by atoms with E-state index in [0.29, 0.717) is 42.0 Å². The molecule has 2 aromatic heterocycles. The SMILES string of the molecule is COC(=O)[C@@H]1C[C@H](CO)CN1C(=O)CNC(=O)c1ccc2c(c1)nc(CN1CCC(c3cccc(OCc4ccc(C#N)cc4F)n3)CC1)n2C[C@@H]1CCO1. The fourth-order valence-corrected chi connectivity index (χ4v) is 7.54. The number of likely N-dealkylation sites (tertiary alicyclic amines) is 2. The van der Waals surface area contributed by atoms with Crippen molar-refractivity contribution in [1.29, 1.82) is 5.26 Å². The number of rotatable bonds is 13. The molecule has 55 heavy (non-hydrogen) atoms. The topological polar surface area (TPSA) is 172 Å². The number of benzene rings is 2. The van der Waals surface area contributed by atoms with Gasteiger partial charge in [0.25, 0.3) is 5.91 Å². The molecule has 0 saturated carbocycles. The van der Waals surface area contributed by atoms with Crippen molar-refractivity contribution in [3.8, 4) is 11.9 Å². The molecule has 2 amide bonds. The fourth-order valence-electron chi connectivity index (χ4n) is 7.54. The van der Waals surface area contributed by atoms with E-state index in [-0.39, 0.29) is 49.8 Å². The Kier molecular flexibility index (Phi) is 11.7. The van der Waals surface area contributed by atoms with Gasteiger partial charge in [0.05, 0.1) is 55.5 Å². The molecule has 0 spiro atoms. The van der Waals surface area contributed by atoms with E-state index in [1.54, 1.807) is 30.3 Å². The number of methoxy groups -OCH3 is 1. The van der Waals surface area contributed by atoms with Crippen LogP contribution in [0, 0.1) is 23.1 Å². The zero-order valence-electron chi connectivity index (χ0n) is 30.7. The van der Waals surface area contributed by atoms with E-state index in [9.17, 15) is 23.9 Å². The largest absolute Gasteiger partial charge is 0.473 e. The second kappa shape index (κ2) is 16.9. The van der Waals surface area contributed by atoms with Crippen LogP contribution in [-0.4, -0.2) is 106 Å². The monoisotopic (exact) mass is 753 g/mol. The van der Waals surface area contributed by atoms with Crippen LogP contribution in [-0.2, 0) is 38.8 Å². The summed E-state index contributed by atoms with van der Waals surface area (Å²) in [6.45, 7) is 3.41. The van der Waals surface area contributed by atoms with Crippen molar-refractivity contribution < 1.29 is 38.1 Å². The third kappa shape index (κ3) is 8.62. The Morgan fingerprint density at radius 1 is 1.09 bits per heavy atom. The molecule has 3 saturated heterocycles. The second-order valence-electron chi connectivity index (χ2n) is 14.3. The van der Waals surface area contributed by atoms with Crippen molar-refractivity contribution in [1.82, 2.24) is 29.7 Å². The number of aliphatic hydroxyl groups excluding tert-OH is 1. The number of imidazole rings is 1. The fraction of sp³-hybridized carbons (Fsp3) is 0.450. The minimum Gasteiger partial charge on any atom is -0.473 e. The van der Waals surface area contributed by atoms with Gasteiger partial charge >= 0.3 is 5.97 Å². The first kappa shape index (κ1) is 37.9. The van der Waals surface area contributed by atoms with E-state index in [4.69, 9.17) is 29.4 Å². The summed E-state index contributed by atoms with van der Waals surface area (Å²) in [5, 5.41) is 21.3. The molecule has 0 bridgehead atoms. The van der Waals surface area contributed by atoms with Crippen LogP contribution in [0.25, 0.3) is 11.0 Å². The highest BCUT2D eigenvalue weighted by Gasteiger charge is 2.40. The van der Waals surface area contributed by atoms with Crippen LogP contribution in [0.2, 0.25) is 0 Å². The molecule has 14 nitrogen and oxygen atoms in total. The normalized spacial score (nSPS) is 20.2. The number of pyridine rings is 1. The van der Waals surface area contributed by atoms with Gasteiger partial charge in [0.15, 0.2) is 0 Å². The van der Waals surface area contributed by atoms with E-state index in [0.717, 1.165) is 56.0 Å². The molecule has 2 aromatic carbocycles. The van der Waals surface area contributed by atoms with Crippen molar-refractivity contribution in [3.05, 3.63) is 88.6 Å². The molecular formula is C40H44FN7O7. The third-order valence-corrected chi connectivity index (χ3v) is 10.8. The standard InChI is InChI=1S/C40H44FN7O7/c1-53-40(52)35-16-26(23-49)20-48(35)38(50)19-43-39(51)28-7-8-34-33(17-28)44-36(47(34)21-30-11-14-54-30)22-46-12-9-27(10-13-46)32-3-2-4-37(45-32)55-24-29-6-5-25(18-42)15-31(29)41/h2-8,15,17,26-27,30,35,49H,9-14,16,19-24H2,1H3,(H,43,51)/t26-,30-,35-/m0/s1. The van der Waals surface area contributed by atoms with Gasteiger partial charge in [-0.25, -0.2) is 19.2 Å². The Morgan fingerprint density at radius 3 is 2.62 bits per heavy atom. The highest BCUT2D eigenvalue weighted by molar-refractivity contribution is 5.99. The highest BCUT2D eigenvalue weighted by Crippen LogP contribution is 2.30. The van der Waals surface area contributed by atoms with Crippen molar-refractivity contribution >= 4 is 28.8 Å². The molecule has 15 heteroatoms. The summed E-state index contributed by atoms with van der Waals surface area (Å²) >= 11 is 0. The first-order chi connectivity index (χ1) is 26.7. The zero-order chi connectivity index (χ0) is 38.5. The zero-order valence-corrected chi connectivity index (χ0v) is 30.7. The molecular weight excluding hydrogens is 709 g/mol. The molecule has 3 atom stereocenters. The van der Waals surface area contributed by atoms with Gasteiger partial charge in [-0.3, -0.25) is 14.5 Å². The average molecular weight is 754 g/mol. The van der Waals surface area contributed by atoms with Crippen LogP contribution in [0.15, 0.2) is 54.6 Å². The lowest BCUT2D eigenvalue weighted by Gasteiger charge is -2.32. The third-order valence-electron chi connectivity index (χ3n) is 10.8. The predicted molar refractivity (Wildman–Crippen MR) is 196 cm³/mol. The Morgan fingerprint density at radius 2 is 1.91 bits per heavy atom. The minimum absolute atomic E-state index is 0.00918. The number of esters is 1. The van der Waals surface area contributed by atoms with Gasteiger partial charge in [0, 0.05) is 54.5 Å². The van der Waals surface area contributed by atoms with Crippen LogP contribution < -0.4 is 10.1 Å². The van der Waals surface area contributed by atoms with E-state index in [2.05, 4.69) is 14.8 Å². The average Bonchev–Trinajstić information content (AvgIpc) is 3.78. The number of ether oxygens (including phenoxy) is 3. The van der Waals surface area contributed by atoms with Gasteiger partial charge in [0.1, 0.15) is 24.3 Å². The number of fused-ring (bicyclic) bond motifs is 1. The lowest BCUT2D eigenvalue weighted by Crippen LogP contribution is -2.46. The number of nitrogens with zero attached hydrogens (tertiary/aromatic N) is 6. The van der Waals surface area contributed by atoms with Crippen LogP contribution in [0.1, 0.15) is 64.6 Å². The van der Waals surface area contributed by atoms with E-state index < -0.39 is 29.6 Å². The van der Waals surface area contributed by atoms with Gasteiger partial charge in [0.2, 0.25) is 11.8 Å². The number of nitrogens with one attached hydrogen (secondary N) is 1. The van der Waals surface area contributed by atoms with Crippen molar-refractivity contribution in [2.24, 2.45) is 5.92 Å². The van der Waals surface area contributed by atoms with E-state index in [1.165, 1.54) is 18.1 Å². The molecule has 3 aliphatic rings. The maximum Gasteiger partial charge on any atom is 0.328 e. The van der Waals surface area contributed by atoms with Crippen LogP contribution >= 0.6 is 0 Å². The molecule has 5 heterocycles. The summed E-state index contributed by atoms with van der Waals surface area (Å²) in [5.41, 5.74) is 3.46. The number of hydrogen-bond acceptors (Lipinski definition) is 11. The molecule has 3 fully saturated rings. The Bertz CT molecular complexity index is 2090. The summed E-state index contributed by atoms with van der Waals surface area (Å²) in [4.78, 5) is 52.0. The maximum absolute atomic E-state index is 14.4. The first-order valence-corrected chi connectivity index (χ1v) is 18.6. The van der Waals surface area contributed by atoms with Crippen molar-refractivity contribution in [3.63, 3.8) is 0 Å². The number of hydrogen-bond donors (Lipinski definition) is 2. The number of carbonyl (C=O) groups is 3. The van der Waals surface area contributed by atoms with Crippen molar-refractivity contribution in [2.75, 3.05) is 46.5 Å². The molecule has 0 aliphatic carbocycles. The second-order valence-corrected chi connectivity index (χ2v) is 14.3. The number of piperidine rings is 1. The van der Waals surface area contributed by atoms with Gasteiger partial charge < -0.3 is 34.1 Å². The summed E-state index contributed by atoms with van der Waals surface area (Å²) in [5.74, 6) is -0.601. The first-order valence-electron chi connectivity index (χ1n) is 18.6. The molecule has 7 rings (SSSR count). The molecule has 2 N–H and O–H groups in total. The lowest BCUT2D eigenvalue weighted by atomic mass is 9.93. The number of nitriles is 1. The Balaban J connectivity index is 0.977. The molecule has 0 radical (unpaired) electrons. The molecule has 4 aromatic rings. The van der Waals surface area contributed by atoms with Crippen LogP contribution in [0.4, 0.5) is 4.39 Å². The number of halogens is 1. The van der Waals surface area contributed by atoms with Crippen LogP contribution in [0.5, 0.6) is 5.88 Å². The number of amides is 2. The quantitative estimate of drug-likeness (QED) is 0.192. The van der Waals surface area contributed by atoms with E-state index in [1.807, 2.05) is 24.3 Å². The highest BCUT2D eigenvalue weighted by atomic mass is 19.1. The van der Waals surface area contributed by atoms with Gasteiger partial charge in [-0.05, 0) is 75.2 Å². The summed E-state index contributed by atoms with van der Waals surface area (Å²) in [6.07, 6.45) is 3.13. The minimum atomic E-state index is -0.793. The van der Waals surface area contributed by atoms with E-state index >= 15 is 0 Å². The number of carbonyl (C=O) groups excluding carboxylic acids is 3. The van der Waals surface area contributed by atoms with Crippen molar-refractivity contribution in [2.45, 2.75) is 63.4 Å². The lowest BCUT2D eigenvalue weighted by molar-refractivity contribution is -0.150. The summed E-state index contributed by atoms with van der Waals surface area (Å²) in [6, 6.07) is 16.4. The summed E-state index contributed by atoms with van der Waals surface area (Å²) in [7, 11) is 1.26. The van der Waals surface area contributed by atoms with Crippen LogP contribution in [0.3, 0.4) is 0 Å².